The van der Waals surface area contributed by atoms with Crippen LogP contribution in [0.1, 0.15) is 0 Å². The van der Waals surface area contributed by atoms with Crippen LogP contribution in [-0.2, 0) is 0 Å². The summed E-state index contributed by atoms with van der Waals surface area (Å²) < 4.78 is 27.7. The number of piperazine rings is 1. The van der Waals surface area contributed by atoms with Crippen molar-refractivity contribution < 1.29 is 18.8 Å². The maximum atomic E-state index is 13.8. The van der Waals surface area contributed by atoms with Crippen molar-refractivity contribution in [3.05, 3.63) is 66.5 Å². The molecule has 3 aromatic rings. The van der Waals surface area contributed by atoms with Crippen molar-refractivity contribution in [2.45, 2.75) is 0 Å². The number of aromatic hydroxyl groups is 1. The van der Waals surface area contributed by atoms with E-state index in [-0.39, 0.29) is 0 Å². The molecular formula is C22H22F2N3O+. The Morgan fingerprint density at radius 2 is 1.57 bits per heavy atom. The molecule has 0 aliphatic carbocycles. The third-order valence-electron chi connectivity index (χ3n) is 5.31. The number of aromatic nitrogens is 1. The summed E-state index contributed by atoms with van der Waals surface area (Å²) in [6.07, 6.45) is 3.24. The van der Waals surface area contributed by atoms with Gasteiger partial charge in [0.2, 0.25) is 0 Å². The van der Waals surface area contributed by atoms with E-state index in [4.69, 9.17) is 0 Å². The molecule has 0 unspecified atom stereocenters. The smallest absolute Gasteiger partial charge is 0.187 e. The second kappa shape index (κ2) is 7.56. The molecule has 1 saturated heterocycles. The number of halogens is 2. The lowest BCUT2D eigenvalue weighted by Gasteiger charge is -2.31. The molecule has 0 amide bonds. The monoisotopic (exact) mass is 382 g/mol. The van der Waals surface area contributed by atoms with Gasteiger partial charge >= 0.3 is 0 Å². The van der Waals surface area contributed by atoms with E-state index in [1.165, 1.54) is 5.69 Å². The van der Waals surface area contributed by atoms with E-state index in [0.29, 0.717) is 11.1 Å². The maximum absolute atomic E-state index is 13.8. The summed E-state index contributed by atoms with van der Waals surface area (Å²) in [5, 5.41) is 9.36. The summed E-state index contributed by atoms with van der Waals surface area (Å²) in [6, 6.07) is 12.3. The average molecular weight is 382 g/mol. The number of phenolic OH excluding ortho intramolecular Hbond substituents is 1. The van der Waals surface area contributed by atoms with Gasteiger partial charge in [-0.15, -0.1) is 0 Å². The highest BCUT2D eigenvalue weighted by Gasteiger charge is 2.18. The van der Waals surface area contributed by atoms with Gasteiger partial charge in [0.15, 0.2) is 17.4 Å². The predicted molar refractivity (Wildman–Crippen MR) is 106 cm³/mol. The molecule has 1 fully saturated rings. The summed E-state index contributed by atoms with van der Waals surface area (Å²) >= 11 is 0. The lowest BCUT2D eigenvalue weighted by molar-refractivity contribution is -0.880. The minimum atomic E-state index is -0.989. The number of hydrogen-bond donors (Lipinski definition) is 2. The van der Waals surface area contributed by atoms with E-state index in [9.17, 15) is 13.9 Å². The van der Waals surface area contributed by atoms with E-state index < -0.39 is 17.4 Å². The normalized spacial score (nSPS) is 15.0. The van der Waals surface area contributed by atoms with E-state index in [0.717, 1.165) is 49.4 Å². The van der Waals surface area contributed by atoms with Gasteiger partial charge in [0, 0.05) is 23.6 Å². The van der Waals surface area contributed by atoms with Gasteiger partial charge in [0.25, 0.3) is 0 Å². The van der Waals surface area contributed by atoms with E-state index in [1.54, 1.807) is 17.3 Å². The molecule has 2 heterocycles. The van der Waals surface area contributed by atoms with E-state index in [1.807, 2.05) is 18.2 Å². The largest absolute Gasteiger partial charge is 0.503 e. The minimum Gasteiger partial charge on any atom is -0.503 e. The number of benzene rings is 2. The van der Waals surface area contributed by atoms with Crippen molar-refractivity contribution in [2.75, 3.05) is 38.1 Å². The summed E-state index contributed by atoms with van der Waals surface area (Å²) in [5.74, 6) is -2.94. The molecule has 1 aromatic heterocycles. The molecule has 2 N–H and O–H groups in total. The Morgan fingerprint density at radius 3 is 2.21 bits per heavy atom. The van der Waals surface area contributed by atoms with Crippen LogP contribution in [0.5, 0.6) is 5.75 Å². The minimum absolute atomic E-state index is 0.335. The summed E-state index contributed by atoms with van der Waals surface area (Å²) in [6.45, 7) is 4.29. The zero-order valence-electron chi connectivity index (χ0n) is 15.6. The van der Waals surface area contributed by atoms with E-state index >= 15 is 0 Å². The van der Waals surface area contributed by atoms with Crippen LogP contribution in [0.15, 0.2) is 54.9 Å². The van der Waals surface area contributed by atoms with Gasteiger partial charge in [-0.05, 0) is 47.0 Å². The van der Waals surface area contributed by atoms with Crippen LogP contribution in [0.2, 0.25) is 0 Å². The third kappa shape index (κ3) is 3.55. The molecule has 0 saturated carbocycles. The van der Waals surface area contributed by atoms with Gasteiger partial charge in [-0.1, -0.05) is 12.1 Å². The van der Waals surface area contributed by atoms with Crippen molar-refractivity contribution in [2.24, 2.45) is 0 Å². The lowest BCUT2D eigenvalue weighted by atomic mass is 9.96. The Bertz CT molecular complexity index is 960. The van der Waals surface area contributed by atoms with Crippen LogP contribution in [0.4, 0.5) is 14.5 Å². The SMILES string of the molecule is C[NH+]1CCN(c2ccc(-c3ccncc3-c3cc(F)c(O)c(F)c3)cc2)CC1. The Hall–Kier alpha value is -2.99. The Balaban J connectivity index is 1.67. The number of pyridine rings is 1. The predicted octanol–water partition coefficient (Wildman–Crippen LogP) is 2.73. The highest BCUT2D eigenvalue weighted by Crippen LogP contribution is 2.35. The summed E-state index contributed by atoms with van der Waals surface area (Å²) in [4.78, 5) is 8.02. The third-order valence-corrected chi connectivity index (χ3v) is 5.31. The first-order valence-corrected chi connectivity index (χ1v) is 9.32. The highest BCUT2D eigenvalue weighted by molar-refractivity contribution is 5.83. The molecule has 1 aliphatic rings. The van der Waals surface area contributed by atoms with Crippen LogP contribution >= 0.6 is 0 Å². The van der Waals surface area contributed by atoms with Crippen molar-refractivity contribution in [3.63, 3.8) is 0 Å². The first-order valence-electron chi connectivity index (χ1n) is 9.32. The average Bonchev–Trinajstić information content (AvgIpc) is 2.72. The molecule has 28 heavy (non-hydrogen) atoms. The second-order valence-corrected chi connectivity index (χ2v) is 7.20. The quantitative estimate of drug-likeness (QED) is 0.732. The highest BCUT2D eigenvalue weighted by atomic mass is 19.1. The first kappa shape index (κ1) is 18.4. The molecule has 6 heteroatoms. The number of quaternary nitrogens is 1. The maximum Gasteiger partial charge on any atom is 0.187 e. The molecule has 0 radical (unpaired) electrons. The van der Waals surface area contributed by atoms with Crippen LogP contribution in [0.3, 0.4) is 0 Å². The first-order chi connectivity index (χ1) is 13.5. The van der Waals surface area contributed by atoms with Gasteiger partial charge < -0.3 is 14.9 Å². The standard InChI is InChI=1S/C22H21F2N3O/c1-26-8-10-27(11-9-26)17-4-2-15(3-5-17)18-6-7-25-14-19(18)16-12-20(23)22(28)21(24)13-16/h2-7,12-14,28H,8-11H2,1H3/p+1. The van der Waals surface area contributed by atoms with Crippen LogP contribution in [0.25, 0.3) is 22.3 Å². The molecular weight excluding hydrogens is 360 g/mol. The number of nitrogens with one attached hydrogen (secondary N) is 1. The topological polar surface area (TPSA) is 40.8 Å². The van der Waals surface area contributed by atoms with Crippen molar-refractivity contribution in [1.82, 2.24) is 4.98 Å². The molecule has 4 rings (SSSR count). The zero-order valence-corrected chi connectivity index (χ0v) is 15.6. The lowest BCUT2D eigenvalue weighted by Crippen LogP contribution is -3.12. The van der Waals surface area contributed by atoms with Crippen LogP contribution in [0, 0.1) is 11.6 Å². The molecule has 2 aromatic carbocycles. The molecule has 1 aliphatic heterocycles. The Kier molecular flexibility index (Phi) is 4.96. The van der Waals surface area contributed by atoms with Crippen molar-refractivity contribution >= 4 is 5.69 Å². The number of hydrogen-bond acceptors (Lipinski definition) is 3. The van der Waals surface area contributed by atoms with Gasteiger partial charge in [-0.25, -0.2) is 8.78 Å². The number of anilines is 1. The van der Waals surface area contributed by atoms with Crippen LogP contribution < -0.4 is 9.80 Å². The van der Waals surface area contributed by atoms with Gasteiger partial charge in [0.1, 0.15) is 0 Å². The summed E-state index contributed by atoms with van der Waals surface area (Å²) in [7, 11) is 2.21. The fraction of sp³-hybridized carbons (Fsp3) is 0.227. The second-order valence-electron chi connectivity index (χ2n) is 7.20. The molecule has 4 nitrogen and oxygen atoms in total. The number of nitrogens with zero attached hydrogens (tertiary/aromatic N) is 2. The van der Waals surface area contributed by atoms with Crippen molar-refractivity contribution in [1.29, 1.82) is 0 Å². The van der Waals surface area contributed by atoms with E-state index in [2.05, 4.69) is 29.1 Å². The van der Waals surface area contributed by atoms with Crippen LogP contribution in [-0.4, -0.2) is 43.3 Å². The fourth-order valence-corrected chi connectivity index (χ4v) is 3.60. The number of likely N-dealkylation sites (N-methyl/N-ethyl adjacent to an activating group) is 1. The van der Waals surface area contributed by atoms with Gasteiger partial charge in [-0.3, -0.25) is 4.98 Å². The van der Waals surface area contributed by atoms with Crippen molar-refractivity contribution in [3.8, 4) is 28.0 Å². The molecule has 0 bridgehead atoms. The number of phenols is 1. The summed E-state index contributed by atoms with van der Waals surface area (Å²) in [5.41, 5.74) is 3.88. The molecule has 0 spiro atoms. The Morgan fingerprint density at radius 1 is 0.929 bits per heavy atom. The molecule has 144 valence electrons. The molecule has 0 atom stereocenters. The van der Waals surface area contributed by atoms with Gasteiger partial charge in [0.05, 0.1) is 33.2 Å². The van der Waals surface area contributed by atoms with Gasteiger partial charge in [-0.2, -0.15) is 0 Å². The number of rotatable bonds is 3. The fourth-order valence-electron chi connectivity index (χ4n) is 3.60. The zero-order chi connectivity index (χ0) is 19.7. The Labute approximate surface area is 162 Å².